The van der Waals surface area contributed by atoms with Gasteiger partial charge in [-0.1, -0.05) is 0 Å². The molecule has 0 aliphatic carbocycles. The quantitative estimate of drug-likeness (QED) is 0.325. The van der Waals surface area contributed by atoms with Crippen LogP contribution < -0.4 is 29.6 Å². The van der Waals surface area contributed by atoms with Crippen molar-refractivity contribution in [3.8, 4) is 0 Å². The fraction of sp³-hybridized carbons (Fsp3) is 0.250. The zero-order chi connectivity index (χ0) is 6.85. The molecule has 1 rings (SSSR count). The predicted octanol–water partition coefficient (Wildman–Crippen LogP) is -3.34. The predicted molar refractivity (Wildman–Crippen MR) is 30.4 cm³/mol. The summed E-state index contributed by atoms with van der Waals surface area (Å²) in [5.74, 6) is 0. The maximum Gasteiger partial charge on any atom is 1.00 e. The number of aryl methyl sites for hydroxylation is 1. The normalized spacial score (nSPS) is 12.2. The van der Waals surface area contributed by atoms with Crippen LogP contribution in [-0.4, -0.2) is 18.5 Å². The van der Waals surface area contributed by atoms with Gasteiger partial charge in [0.05, 0.1) is 0 Å². The van der Waals surface area contributed by atoms with Gasteiger partial charge in [0.1, 0.15) is 5.03 Å². The molecule has 0 bridgehead atoms. The molecule has 1 aromatic rings. The Morgan fingerprint density at radius 3 is 2.60 bits per heavy atom. The van der Waals surface area contributed by atoms with Gasteiger partial charge in [0.25, 0.3) is 0 Å². The summed E-state index contributed by atoms with van der Waals surface area (Å²) in [6.07, 6.45) is 1.57. The summed E-state index contributed by atoms with van der Waals surface area (Å²) in [6, 6.07) is 1.43. The van der Waals surface area contributed by atoms with Crippen molar-refractivity contribution in [3.63, 3.8) is 0 Å². The zero-order valence-electron chi connectivity index (χ0n) is 5.77. The molecule has 0 aliphatic rings. The van der Waals surface area contributed by atoms with Gasteiger partial charge >= 0.3 is 29.6 Å². The minimum atomic E-state index is -2.19. The standard InChI is InChI=1S/C4H6N2O2S.Na/c1-6-3-2-4(5-6)9(7)8;/h2-3H,1H3,(H,7,8);/q;+1/p-1. The Labute approximate surface area is 83.2 Å². The maximum atomic E-state index is 10.1. The van der Waals surface area contributed by atoms with Crippen LogP contribution in [0.4, 0.5) is 0 Å². The molecule has 50 valence electrons. The molecule has 0 saturated heterocycles. The monoisotopic (exact) mass is 168 g/mol. The van der Waals surface area contributed by atoms with Gasteiger partial charge in [-0.3, -0.25) is 8.89 Å². The van der Waals surface area contributed by atoms with E-state index in [1.54, 1.807) is 13.2 Å². The van der Waals surface area contributed by atoms with Crippen LogP contribution in [0.25, 0.3) is 0 Å². The molecule has 0 amide bonds. The Balaban J connectivity index is 0.000000810. The molecule has 1 aromatic heterocycles. The van der Waals surface area contributed by atoms with Crippen molar-refractivity contribution in [1.82, 2.24) is 9.78 Å². The van der Waals surface area contributed by atoms with E-state index < -0.39 is 11.1 Å². The van der Waals surface area contributed by atoms with Gasteiger partial charge in [-0.25, -0.2) is 0 Å². The van der Waals surface area contributed by atoms with Crippen molar-refractivity contribution < 1.29 is 38.3 Å². The van der Waals surface area contributed by atoms with E-state index in [1.165, 1.54) is 10.7 Å². The van der Waals surface area contributed by atoms with E-state index in [-0.39, 0.29) is 34.6 Å². The minimum absolute atomic E-state index is 0. The third kappa shape index (κ3) is 2.51. The third-order valence-corrected chi connectivity index (χ3v) is 1.42. The Kier molecular flexibility index (Phi) is 4.39. The molecule has 0 radical (unpaired) electrons. The van der Waals surface area contributed by atoms with Gasteiger partial charge in [-0.05, 0) is 17.1 Å². The largest absolute Gasteiger partial charge is 1.00 e. The zero-order valence-corrected chi connectivity index (χ0v) is 8.59. The molecule has 0 N–H and O–H groups in total. The van der Waals surface area contributed by atoms with E-state index in [0.717, 1.165) is 0 Å². The first kappa shape index (κ1) is 10.3. The van der Waals surface area contributed by atoms with Crippen molar-refractivity contribution in [2.75, 3.05) is 0 Å². The van der Waals surface area contributed by atoms with Crippen LogP contribution in [0.3, 0.4) is 0 Å². The maximum absolute atomic E-state index is 10.1. The molecule has 0 fully saturated rings. The van der Waals surface area contributed by atoms with E-state index in [4.69, 9.17) is 0 Å². The van der Waals surface area contributed by atoms with Crippen LogP contribution in [0.15, 0.2) is 17.3 Å². The van der Waals surface area contributed by atoms with Crippen LogP contribution in [0.1, 0.15) is 0 Å². The molecule has 1 heterocycles. The summed E-state index contributed by atoms with van der Waals surface area (Å²) in [4.78, 5) is 0. The van der Waals surface area contributed by atoms with Gasteiger partial charge < -0.3 is 4.55 Å². The van der Waals surface area contributed by atoms with Crippen molar-refractivity contribution in [3.05, 3.63) is 12.3 Å². The smallest absolute Gasteiger partial charge is 0.767 e. The van der Waals surface area contributed by atoms with Gasteiger partial charge in [0.2, 0.25) is 0 Å². The van der Waals surface area contributed by atoms with Crippen molar-refractivity contribution in [1.29, 1.82) is 0 Å². The summed E-state index contributed by atoms with van der Waals surface area (Å²) in [6.45, 7) is 0. The topological polar surface area (TPSA) is 58.0 Å². The molecule has 0 aromatic carbocycles. The Hall–Kier alpha value is 0.320. The minimum Gasteiger partial charge on any atom is -0.767 e. The van der Waals surface area contributed by atoms with E-state index in [2.05, 4.69) is 5.10 Å². The van der Waals surface area contributed by atoms with Gasteiger partial charge in [0, 0.05) is 13.2 Å². The van der Waals surface area contributed by atoms with Crippen molar-refractivity contribution in [2.45, 2.75) is 5.03 Å². The van der Waals surface area contributed by atoms with Gasteiger partial charge in [-0.2, -0.15) is 5.10 Å². The SMILES string of the molecule is Cn1ccc(S(=O)[O-])n1.[Na+]. The molecule has 1 unspecified atom stereocenters. The number of aromatic nitrogens is 2. The Morgan fingerprint density at radius 1 is 1.80 bits per heavy atom. The Morgan fingerprint density at radius 2 is 2.40 bits per heavy atom. The van der Waals surface area contributed by atoms with E-state index in [9.17, 15) is 8.76 Å². The first-order chi connectivity index (χ1) is 4.20. The first-order valence-corrected chi connectivity index (χ1v) is 3.36. The second kappa shape index (κ2) is 4.25. The van der Waals surface area contributed by atoms with Crippen LogP contribution in [0.2, 0.25) is 0 Å². The van der Waals surface area contributed by atoms with Gasteiger partial charge in [0.15, 0.2) is 0 Å². The van der Waals surface area contributed by atoms with Crippen LogP contribution in [-0.2, 0) is 18.1 Å². The number of hydrogen-bond acceptors (Lipinski definition) is 3. The Bertz CT molecular complexity index is 237. The van der Waals surface area contributed by atoms with E-state index >= 15 is 0 Å². The third-order valence-electron chi connectivity index (χ3n) is 0.860. The average Bonchev–Trinajstić information content (AvgIpc) is 2.14. The van der Waals surface area contributed by atoms with Crippen molar-refractivity contribution >= 4 is 11.1 Å². The van der Waals surface area contributed by atoms with Crippen LogP contribution in [0.5, 0.6) is 0 Å². The fourth-order valence-corrected chi connectivity index (χ4v) is 0.850. The summed E-state index contributed by atoms with van der Waals surface area (Å²) in [5.41, 5.74) is 0. The van der Waals surface area contributed by atoms with Crippen LogP contribution in [0, 0.1) is 0 Å². The number of nitrogens with zero attached hydrogens (tertiary/aromatic N) is 2. The molecular weight excluding hydrogens is 163 g/mol. The molecule has 0 saturated carbocycles. The summed E-state index contributed by atoms with van der Waals surface area (Å²) in [7, 11) is 1.66. The number of rotatable bonds is 1. The summed E-state index contributed by atoms with van der Waals surface area (Å²) < 4.78 is 21.7. The molecule has 6 heteroatoms. The van der Waals surface area contributed by atoms with E-state index in [0.29, 0.717) is 0 Å². The molecular formula is C4H5N2NaO2S. The second-order valence-electron chi connectivity index (χ2n) is 1.56. The first-order valence-electron chi connectivity index (χ1n) is 2.29. The molecule has 1 atom stereocenters. The molecule has 0 spiro atoms. The van der Waals surface area contributed by atoms with Crippen LogP contribution >= 0.6 is 0 Å². The number of hydrogen-bond donors (Lipinski definition) is 0. The average molecular weight is 168 g/mol. The van der Waals surface area contributed by atoms with Gasteiger partial charge in [-0.15, -0.1) is 0 Å². The molecule has 10 heavy (non-hydrogen) atoms. The van der Waals surface area contributed by atoms with E-state index in [1.807, 2.05) is 0 Å². The van der Waals surface area contributed by atoms with Crippen molar-refractivity contribution in [2.24, 2.45) is 7.05 Å². The molecule has 4 nitrogen and oxygen atoms in total. The second-order valence-corrected chi connectivity index (χ2v) is 2.45. The summed E-state index contributed by atoms with van der Waals surface area (Å²) in [5, 5.41) is 3.70. The fourth-order valence-electron chi connectivity index (χ4n) is 0.483. The molecule has 0 aliphatic heterocycles. The summed E-state index contributed by atoms with van der Waals surface area (Å²) >= 11 is -2.19.